The van der Waals surface area contributed by atoms with Crippen LogP contribution in [0.5, 0.6) is 0 Å². The lowest BCUT2D eigenvalue weighted by Crippen LogP contribution is -2.36. The molecule has 0 bridgehead atoms. The van der Waals surface area contributed by atoms with Crippen molar-refractivity contribution in [3.05, 3.63) is 60.3 Å². The lowest BCUT2D eigenvalue weighted by molar-refractivity contribution is -0.117. The summed E-state index contributed by atoms with van der Waals surface area (Å²) in [6.45, 7) is 0.781. The first-order chi connectivity index (χ1) is 10.8. The summed E-state index contributed by atoms with van der Waals surface area (Å²) in [4.78, 5) is 19.1. The summed E-state index contributed by atoms with van der Waals surface area (Å²) >= 11 is 1.82. The van der Waals surface area contributed by atoms with Crippen molar-refractivity contribution in [3.8, 4) is 0 Å². The van der Waals surface area contributed by atoms with Gasteiger partial charge in [0, 0.05) is 34.3 Å². The number of anilines is 1. The van der Waals surface area contributed by atoms with Crippen LogP contribution in [-0.2, 0) is 11.2 Å². The van der Waals surface area contributed by atoms with Gasteiger partial charge in [-0.1, -0.05) is 30.3 Å². The number of rotatable bonds is 2. The first-order valence-corrected chi connectivity index (χ1v) is 8.39. The Labute approximate surface area is 133 Å². The number of H-pyrrole nitrogens is 1. The Bertz CT molecular complexity index is 840. The minimum absolute atomic E-state index is 0.164. The Morgan fingerprint density at radius 1 is 1.14 bits per heavy atom. The highest BCUT2D eigenvalue weighted by molar-refractivity contribution is 7.99. The fourth-order valence-corrected chi connectivity index (χ4v) is 3.96. The van der Waals surface area contributed by atoms with Crippen LogP contribution in [0.25, 0.3) is 10.9 Å². The predicted molar refractivity (Wildman–Crippen MR) is 91.5 cm³/mol. The van der Waals surface area contributed by atoms with Gasteiger partial charge in [-0.3, -0.25) is 4.79 Å². The molecular weight excluding hydrogens is 292 g/mol. The zero-order valence-electron chi connectivity index (χ0n) is 12.1. The Balaban J connectivity index is 1.63. The molecule has 1 aliphatic heterocycles. The lowest BCUT2D eigenvalue weighted by atomic mass is 10.1. The summed E-state index contributed by atoms with van der Waals surface area (Å²) in [6.07, 6.45) is 2.39. The van der Waals surface area contributed by atoms with E-state index in [1.54, 1.807) is 0 Å². The van der Waals surface area contributed by atoms with Crippen molar-refractivity contribution in [1.82, 2.24) is 4.98 Å². The predicted octanol–water partition coefficient (Wildman–Crippen LogP) is 3.85. The summed E-state index contributed by atoms with van der Waals surface area (Å²) in [5.41, 5.74) is 3.19. The molecule has 2 aromatic carbocycles. The van der Waals surface area contributed by atoms with Gasteiger partial charge in [0.25, 0.3) is 0 Å². The molecule has 0 spiro atoms. The fourth-order valence-electron chi connectivity index (χ4n) is 2.96. The van der Waals surface area contributed by atoms with Crippen LogP contribution in [0.15, 0.2) is 59.6 Å². The lowest BCUT2D eigenvalue weighted by Gasteiger charge is -2.29. The van der Waals surface area contributed by atoms with Crippen molar-refractivity contribution in [2.24, 2.45) is 0 Å². The number of para-hydroxylation sites is 2. The molecule has 3 aromatic rings. The maximum atomic E-state index is 12.8. The van der Waals surface area contributed by atoms with E-state index in [1.807, 2.05) is 59.3 Å². The molecule has 4 heteroatoms. The molecule has 110 valence electrons. The maximum absolute atomic E-state index is 12.8. The zero-order valence-corrected chi connectivity index (χ0v) is 12.9. The van der Waals surface area contributed by atoms with Crippen molar-refractivity contribution in [3.63, 3.8) is 0 Å². The van der Waals surface area contributed by atoms with E-state index in [2.05, 4.69) is 17.1 Å². The molecular formula is C18H16N2OS. The van der Waals surface area contributed by atoms with Crippen molar-refractivity contribution in [2.45, 2.75) is 11.3 Å². The van der Waals surface area contributed by atoms with Crippen LogP contribution in [0.3, 0.4) is 0 Å². The second-order valence-corrected chi connectivity index (χ2v) is 6.53. The SMILES string of the molecule is O=C(Cc1c[nH]c2ccccc12)N1CCSc2ccccc21. The minimum atomic E-state index is 0.164. The van der Waals surface area contributed by atoms with Crippen molar-refractivity contribution in [2.75, 3.05) is 17.2 Å². The maximum Gasteiger partial charge on any atom is 0.231 e. The van der Waals surface area contributed by atoms with E-state index in [9.17, 15) is 4.79 Å². The van der Waals surface area contributed by atoms with Crippen LogP contribution >= 0.6 is 11.8 Å². The number of carbonyl (C=O) groups is 1. The monoisotopic (exact) mass is 308 g/mol. The van der Waals surface area contributed by atoms with Gasteiger partial charge in [0.15, 0.2) is 0 Å². The van der Waals surface area contributed by atoms with E-state index in [0.717, 1.165) is 34.5 Å². The van der Waals surface area contributed by atoms with E-state index in [0.29, 0.717) is 6.42 Å². The van der Waals surface area contributed by atoms with Gasteiger partial charge in [-0.05, 0) is 23.8 Å². The highest BCUT2D eigenvalue weighted by Gasteiger charge is 2.23. The van der Waals surface area contributed by atoms with Crippen molar-refractivity contribution >= 4 is 34.3 Å². The molecule has 0 saturated carbocycles. The van der Waals surface area contributed by atoms with E-state index < -0.39 is 0 Å². The number of aromatic nitrogens is 1. The first-order valence-electron chi connectivity index (χ1n) is 7.40. The molecule has 0 fully saturated rings. The van der Waals surface area contributed by atoms with Gasteiger partial charge >= 0.3 is 0 Å². The number of aromatic amines is 1. The average molecular weight is 308 g/mol. The van der Waals surface area contributed by atoms with Crippen LogP contribution < -0.4 is 4.90 Å². The number of benzene rings is 2. The van der Waals surface area contributed by atoms with Crippen LogP contribution in [0, 0.1) is 0 Å². The molecule has 0 saturated heterocycles. The van der Waals surface area contributed by atoms with E-state index in [1.165, 1.54) is 4.90 Å². The summed E-state index contributed by atoms with van der Waals surface area (Å²) < 4.78 is 0. The van der Waals surface area contributed by atoms with E-state index >= 15 is 0 Å². The third-order valence-electron chi connectivity index (χ3n) is 4.05. The Morgan fingerprint density at radius 3 is 2.91 bits per heavy atom. The summed E-state index contributed by atoms with van der Waals surface area (Å²) in [5.74, 6) is 1.12. The number of hydrogen-bond donors (Lipinski definition) is 1. The topological polar surface area (TPSA) is 36.1 Å². The highest BCUT2D eigenvalue weighted by Crippen LogP contribution is 2.34. The molecule has 1 amide bonds. The molecule has 0 radical (unpaired) electrons. The quantitative estimate of drug-likeness (QED) is 0.780. The van der Waals surface area contributed by atoms with Crippen molar-refractivity contribution in [1.29, 1.82) is 0 Å². The smallest absolute Gasteiger partial charge is 0.231 e. The molecule has 4 rings (SSSR count). The Morgan fingerprint density at radius 2 is 1.95 bits per heavy atom. The molecule has 2 heterocycles. The van der Waals surface area contributed by atoms with Crippen LogP contribution in [0.1, 0.15) is 5.56 Å². The van der Waals surface area contributed by atoms with E-state index in [-0.39, 0.29) is 5.91 Å². The average Bonchev–Trinajstić information content (AvgIpc) is 2.97. The molecule has 22 heavy (non-hydrogen) atoms. The largest absolute Gasteiger partial charge is 0.361 e. The third kappa shape index (κ3) is 2.29. The second-order valence-electron chi connectivity index (χ2n) is 5.40. The van der Waals surface area contributed by atoms with Crippen LogP contribution in [-0.4, -0.2) is 23.2 Å². The number of carbonyl (C=O) groups excluding carboxylic acids is 1. The minimum Gasteiger partial charge on any atom is -0.361 e. The van der Waals surface area contributed by atoms with Gasteiger partial charge in [0.1, 0.15) is 0 Å². The number of amides is 1. The summed E-state index contributed by atoms with van der Waals surface area (Å²) in [6, 6.07) is 16.3. The summed E-state index contributed by atoms with van der Waals surface area (Å²) in [7, 11) is 0. The Hall–Kier alpha value is -2.20. The second kappa shape index (κ2) is 5.54. The highest BCUT2D eigenvalue weighted by atomic mass is 32.2. The molecule has 3 nitrogen and oxygen atoms in total. The number of nitrogens with one attached hydrogen (secondary N) is 1. The Kier molecular flexibility index (Phi) is 3.39. The van der Waals surface area contributed by atoms with Crippen LogP contribution in [0.4, 0.5) is 5.69 Å². The molecule has 1 aliphatic rings. The standard InChI is InChI=1S/C18H16N2OS/c21-18(11-13-12-19-15-6-2-1-5-14(13)15)20-9-10-22-17-8-4-3-7-16(17)20/h1-8,12,19H,9-11H2. The fraction of sp³-hybridized carbons (Fsp3) is 0.167. The summed E-state index contributed by atoms with van der Waals surface area (Å²) in [5, 5.41) is 1.13. The molecule has 1 aromatic heterocycles. The molecule has 0 atom stereocenters. The molecule has 1 N–H and O–H groups in total. The van der Waals surface area contributed by atoms with Gasteiger partial charge in [0.05, 0.1) is 12.1 Å². The van der Waals surface area contributed by atoms with Crippen LogP contribution in [0.2, 0.25) is 0 Å². The van der Waals surface area contributed by atoms with Crippen molar-refractivity contribution < 1.29 is 4.79 Å². The molecule has 0 unspecified atom stereocenters. The number of hydrogen-bond acceptors (Lipinski definition) is 2. The normalized spacial score (nSPS) is 14.1. The number of thioether (sulfide) groups is 1. The number of fused-ring (bicyclic) bond motifs is 2. The van der Waals surface area contributed by atoms with Gasteiger partial charge in [-0.25, -0.2) is 0 Å². The first kappa shape index (κ1) is 13.5. The number of nitrogens with zero attached hydrogens (tertiary/aromatic N) is 1. The van der Waals surface area contributed by atoms with Gasteiger partial charge in [-0.2, -0.15) is 0 Å². The zero-order chi connectivity index (χ0) is 14.9. The van der Waals surface area contributed by atoms with Gasteiger partial charge < -0.3 is 9.88 Å². The molecule has 0 aliphatic carbocycles. The van der Waals surface area contributed by atoms with Gasteiger partial charge in [-0.15, -0.1) is 11.8 Å². The van der Waals surface area contributed by atoms with E-state index in [4.69, 9.17) is 0 Å². The van der Waals surface area contributed by atoms with Gasteiger partial charge in [0.2, 0.25) is 5.91 Å². The third-order valence-corrected chi connectivity index (χ3v) is 5.09.